The standard InChI is InChI=1S/C28H22N2O6S/c1-14-10-15(2)23-21(11-14)37-28(29-23)30-24(16-4-3-5-18(31)12-16)22(26(33)27(30)34)25(32)17-6-7-19-20(13-17)36-9-8-35-19/h3-7,10-13,24,31-32H,8-9H2,1-2H3/t24-/m1/s1. The number of carbonyl (C=O) groups excluding carboxylic acids is 2. The van der Waals surface area contributed by atoms with E-state index in [1.807, 2.05) is 26.0 Å². The van der Waals surface area contributed by atoms with Crippen LogP contribution in [0, 0.1) is 13.8 Å². The fourth-order valence-corrected chi connectivity index (χ4v) is 6.02. The summed E-state index contributed by atoms with van der Waals surface area (Å²) in [6, 6.07) is 14.1. The van der Waals surface area contributed by atoms with Crippen LogP contribution in [0.3, 0.4) is 0 Å². The predicted molar refractivity (Wildman–Crippen MR) is 139 cm³/mol. The minimum Gasteiger partial charge on any atom is -0.508 e. The fourth-order valence-electron chi connectivity index (χ4n) is 4.85. The van der Waals surface area contributed by atoms with Crippen molar-refractivity contribution in [2.24, 2.45) is 0 Å². The van der Waals surface area contributed by atoms with E-state index in [0.717, 1.165) is 21.3 Å². The van der Waals surface area contributed by atoms with Crippen molar-refractivity contribution in [1.82, 2.24) is 4.98 Å². The molecule has 37 heavy (non-hydrogen) atoms. The Hall–Kier alpha value is -4.37. The van der Waals surface area contributed by atoms with Gasteiger partial charge in [0, 0.05) is 5.56 Å². The summed E-state index contributed by atoms with van der Waals surface area (Å²) >= 11 is 1.30. The number of aryl methyl sites for hydroxylation is 2. The Balaban J connectivity index is 1.55. The maximum absolute atomic E-state index is 13.5. The van der Waals surface area contributed by atoms with Crippen LogP contribution in [-0.2, 0) is 9.59 Å². The molecule has 3 heterocycles. The fraction of sp³-hybridized carbons (Fsp3) is 0.179. The average Bonchev–Trinajstić information content (AvgIpc) is 3.42. The highest BCUT2D eigenvalue weighted by Gasteiger charge is 2.48. The number of ketones is 1. The van der Waals surface area contributed by atoms with Crippen LogP contribution < -0.4 is 14.4 Å². The van der Waals surface area contributed by atoms with Gasteiger partial charge in [0.25, 0.3) is 5.78 Å². The Morgan fingerprint density at radius 2 is 1.81 bits per heavy atom. The van der Waals surface area contributed by atoms with Crippen molar-refractivity contribution in [2.75, 3.05) is 18.1 Å². The molecule has 3 aromatic carbocycles. The Kier molecular flexibility index (Phi) is 5.38. The zero-order valence-electron chi connectivity index (χ0n) is 20.0. The molecule has 0 bridgehead atoms. The van der Waals surface area contributed by atoms with E-state index >= 15 is 0 Å². The molecule has 1 saturated heterocycles. The van der Waals surface area contributed by atoms with E-state index in [9.17, 15) is 19.8 Å². The maximum Gasteiger partial charge on any atom is 0.301 e. The van der Waals surface area contributed by atoms with Crippen LogP contribution in [0.5, 0.6) is 17.2 Å². The second-order valence-corrected chi connectivity index (χ2v) is 10.1. The normalized spacial score (nSPS) is 18.5. The third-order valence-electron chi connectivity index (χ3n) is 6.47. The Labute approximate surface area is 216 Å². The number of phenols is 1. The van der Waals surface area contributed by atoms with Crippen molar-refractivity contribution < 1.29 is 29.3 Å². The lowest BCUT2D eigenvalue weighted by atomic mass is 9.95. The third-order valence-corrected chi connectivity index (χ3v) is 7.47. The van der Waals surface area contributed by atoms with Crippen molar-refractivity contribution in [3.63, 3.8) is 0 Å². The van der Waals surface area contributed by atoms with Gasteiger partial charge in [-0.1, -0.05) is 29.5 Å². The van der Waals surface area contributed by atoms with Crippen LogP contribution >= 0.6 is 11.3 Å². The lowest BCUT2D eigenvalue weighted by molar-refractivity contribution is -0.132. The monoisotopic (exact) mass is 514 g/mol. The van der Waals surface area contributed by atoms with E-state index in [-0.39, 0.29) is 17.1 Å². The zero-order chi connectivity index (χ0) is 25.8. The summed E-state index contributed by atoms with van der Waals surface area (Å²) < 4.78 is 12.1. The summed E-state index contributed by atoms with van der Waals surface area (Å²) in [6.45, 7) is 4.71. The summed E-state index contributed by atoms with van der Waals surface area (Å²) in [5.41, 5.74) is 3.44. The zero-order valence-corrected chi connectivity index (χ0v) is 20.8. The smallest absolute Gasteiger partial charge is 0.301 e. The maximum atomic E-state index is 13.5. The lowest BCUT2D eigenvalue weighted by Gasteiger charge is -2.23. The lowest BCUT2D eigenvalue weighted by Crippen LogP contribution is -2.29. The van der Waals surface area contributed by atoms with Gasteiger partial charge >= 0.3 is 5.91 Å². The molecule has 8 nitrogen and oxygen atoms in total. The molecular formula is C28H22N2O6S. The van der Waals surface area contributed by atoms with Gasteiger partial charge in [-0.2, -0.15) is 0 Å². The topological polar surface area (TPSA) is 109 Å². The van der Waals surface area contributed by atoms with E-state index in [1.165, 1.54) is 28.4 Å². The summed E-state index contributed by atoms with van der Waals surface area (Å²) in [4.78, 5) is 32.9. The molecule has 9 heteroatoms. The summed E-state index contributed by atoms with van der Waals surface area (Å²) in [5, 5.41) is 21.9. The van der Waals surface area contributed by atoms with Crippen molar-refractivity contribution >= 4 is 44.1 Å². The van der Waals surface area contributed by atoms with Gasteiger partial charge in [0.2, 0.25) is 0 Å². The molecule has 0 saturated carbocycles. The van der Waals surface area contributed by atoms with Gasteiger partial charge < -0.3 is 19.7 Å². The van der Waals surface area contributed by atoms with Crippen molar-refractivity contribution in [3.8, 4) is 17.2 Å². The van der Waals surface area contributed by atoms with Crippen molar-refractivity contribution in [1.29, 1.82) is 0 Å². The predicted octanol–water partition coefficient (Wildman–Crippen LogP) is 5.02. The number of aliphatic hydroxyl groups excluding tert-OH is 1. The number of rotatable bonds is 3. The van der Waals surface area contributed by atoms with Crippen molar-refractivity contribution in [2.45, 2.75) is 19.9 Å². The number of aliphatic hydroxyl groups is 1. The first-order valence-corrected chi connectivity index (χ1v) is 12.5. The first kappa shape index (κ1) is 23.1. The molecule has 186 valence electrons. The summed E-state index contributed by atoms with van der Waals surface area (Å²) in [5.74, 6) is -1.05. The molecule has 1 aromatic heterocycles. The van der Waals surface area contributed by atoms with Crippen LogP contribution in [0.2, 0.25) is 0 Å². The number of anilines is 1. The number of hydrogen-bond donors (Lipinski definition) is 2. The van der Waals surface area contributed by atoms with Crippen LogP contribution in [0.15, 0.2) is 60.2 Å². The number of carbonyl (C=O) groups is 2. The highest BCUT2D eigenvalue weighted by molar-refractivity contribution is 7.22. The van der Waals surface area contributed by atoms with Crippen molar-refractivity contribution in [3.05, 3.63) is 82.4 Å². The number of benzene rings is 3. The number of fused-ring (bicyclic) bond motifs is 2. The third kappa shape index (κ3) is 3.79. The number of amides is 1. The molecule has 0 unspecified atom stereocenters. The Morgan fingerprint density at radius 3 is 2.59 bits per heavy atom. The number of hydrogen-bond acceptors (Lipinski definition) is 8. The SMILES string of the molecule is Cc1cc(C)c2nc(N3C(=O)C(=O)C(=C(O)c4ccc5c(c4)OCCO5)[C@H]3c3cccc(O)c3)sc2c1. The number of Topliss-reactive ketones (excluding diaryl/α,β-unsaturated/α-hetero) is 1. The molecule has 0 spiro atoms. The van der Waals surface area contributed by atoms with E-state index in [1.54, 1.807) is 30.3 Å². The Morgan fingerprint density at radius 1 is 1.03 bits per heavy atom. The quantitative estimate of drug-likeness (QED) is 0.225. The highest BCUT2D eigenvalue weighted by Crippen LogP contribution is 2.45. The highest BCUT2D eigenvalue weighted by atomic mass is 32.1. The van der Waals surface area contributed by atoms with E-state index in [2.05, 4.69) is 0 Å². The summed E-state index contributed by atoms with van der Waals surface area (Å²) in [7, 11) is 0. The molecule has 6 rings (SSSR count). The van der Waals surface area contributed by atoms with Gasteiger partial charge in [0.15, 0.2) is 16.6 Å². The van der Waals surface area contributed by atoms with Gasteiger partial charge in [-0.15, -0.1) is 0 Å². The number of aromatic nitrogens is 1. The molecule has 4 aromatic rings. The molecule has 0 aliphatic carbocycles. The second-order valence-electron chi connectivity index (χ2n) is 9.05. The number of nitrogens with zero attached hydrogens (tertiary/aromatic N) is 2. The van der Waals surface area contributed by atoms with Crippen LogP contribution in [0.4, 0.5) is 5.13 Å². The van der Waals surface area contributed by atoms with Gasteiger partial charge in [-0.25, -0.2) is 4.98 Å². The van der Waals surface area contributed by atoms with Gasteiger partial charge in [0.05, 0.1) is 21.8 Å². The van der Waals surface area contributed by atoms with Gasteiger partial charge in [-0.3, -0.25) is 14.5 Å². The van der Waals surface area contributed by atoms with Crippen LogP contribution in [0.1, 0.15) is 28.3 Å². The molecule has 1 fully saturated rings. The molecule has 1 amide bonds. The van der Waals surface area contributed by atoms with Gasteiger partial charge in [0.1, 0.15) is 24.7 Å². The first-order chi connectivity index (χ1) is 17.8. The van der Waals surface area contributed by atoms with E-state index in [0.29, 0.717) is 41.0 Å². The second kappa shape index (κ2) is 8.63. The molecule has 1 atom stereocenters. The average molecular weight is 515 g/mol. The Bertz CT molecular complexity index is 1640. The molecule has 2 aliphatic heterocycles. The molecule has 0 radical (unpaired) electrons. The van der Waals surface area contributed by atoms with E-state index < -0.39 is 17.7 Å². The van der Waals surface area contributed by atoms with Crippen LogP contribution in [-0.4, -0.2) is 40.1 Å². The minimum absolute atomic E-state index is 0.0295. The molecule has 2 N–H and O–H groups in total. The number of phenolic OH excluding ortho intramolecular Hbond substituents is 1. The number of aromatic hydroxyl groups is 1. The molecule has 2 aliphatic rings. The first-order valence-electron chi connectivity index (χ1n) is 11.7. The number of ether oxygens (including phenoxy) is 2. The van der Waals surface area contributed by atoms with E-state index in [4.69, 9.17) is 14.5 Å². The van der Waals surface area contributed by atoms with Crippen LogP contribution in [0.25, 0.3) is 16.0 Å². The molecular weight excluding hydrogens is 492 g/mol. The summed E-state index contributed by atoms with van der Waals surface area (Å²) in [6.07, 6.45) is 0. The largest absolute Gasteiger partial charge is 0.508 e. The number of thiazole rings is 1. The minimum atomic E-state index is -0.998. The van der Waals surface area contributed by atoms with Gasteiger partial charge in [-0.05, 0) is 66.9 Å².